The summed E-state index contributed by atoms with van der Waals surface area (Å²) < 4.78 is 8.71. The summed E-state index contributed by atoms with van der Waals surface area (Å²) in [7, 11) is 2.04. The van der Waals surface area contributed by atoms with Crippen molar-refractivity contribution in [2.75, 3.05) is 0 Å². The molecule has 4 nitrogen and oxygen atoms in total. The largest absolute Gasteiger partial charge is 1.00 e. The van der Waals surface area contributed by atoms with Gasteiger partial charge in [0.2, 0.25) is 12.7 Å². The van der Waals surface area contributed by atoms with E-state index in [0.29, 0.717) is 0 Å². The van der Waals surface area contributed by atoms with Crippen molar-refractivity contribution in [1.29, 1.82) is 0 Å². The standard InChI is InChI=1S/C9H17N2.C8H15N2.2BrH/c1-3-5-6-11-8-7-10(4-2)9-11;1-3-4-5-10-7-6-9(2)8-10;;/h7-9H,3-6H2,1-2H3;6-8H,3-5H2,1-2H3;2*1H/q2*+1;;/p-2. The van der Waals surface area contributed by atoms with E-state index >= 15 is 0 Å². The lowest BCUT2D eigenvalue weighted by atomic mass is 10.3. The fourth-order valence-electron chi connectivity index (χ4n) is 2.07. The average Bonchev–Trinajstić information content (AvgIpc) is 3.12. The zero-order valence-corrected chi connectivity index (χ0v) is 18.1. The minimum absolute atomic E-state index is 0. The van der Waals surface area contributed by atoms with Crippen LogP contribution >= 0.6 is 0 Å². The second kappa shape index (κ2) is 14.9. The molecule has 0 bridgehead atoms. The fourth-order valence-corrected chi connectivity index (χ4v) is 2.07. The predicted molar refractivity (Wildman–Crippen MR) is 85.7 cm³/mol. The molecule has 0 spiro atoms. The lowest BCUT2D eigenvalue weighted by molar-refractivity contribution is -0.696. The van der Waals surface area contributed by atoms with Gasteiger partial charge in [0.1, 0.15) is 24.8 Å². The minimum Gasteiger partial charge on any atom is -1.00 e. The quantitative estimate of drug-likeness (QED) is 0.393. The van der Waals surface area contributed by atoms with Gasteiger partial charge in [-0.05, 0) is 19.8 Å². The smallest absolute Gasteiger partial charge is 0.243 e. The topological polar surface area (TPSA) is 17.6 Å². The summed E-state index contributed by atoms with van der Waals surface area (Å²) in [4.78, 5) is 0. The second-order valence-electron chi connectivity index (χ2n) is 5.51. The van der Waals surface area contributed by atoms with Gasteiger partial charge in [0, 0.05) is 0 Å². The van der Waals surface area contributed by atoms with Crippen molar-refractivity contribution >= 4 is 0 Å². The van der Waals surface area contributed by atoms with Gasteiger partial charge in [0.25, 0.3) is 0 Å². The van der Waals surface area contributed by atoms with Crippen LogP contribution in [-0.4, -0.2) is 9.13 Å². The third-order valence-corrected chi connectivity index (χ3v) is 3.47. The fraction of sp³-hybridized carbons (Fsp3) is 0.647. The first-order chi connectivity index (χ1) is 10.2. The Morgan fingerprint density at radius 2 is 1.48 bits per heavy atom. The highest BCUT2D eigenvalue weighted by Crippen LogP contribution is 1.91. The van der Waals surface area contributed by atoms with E-state index < -0.39 is 0 Å². The van der Waals surface area contributed by atoms with E-state index in [0.717, 1.165) is 19.6 Å². The number of unbranched alkanes of at least 4 members (excludes halogenated alkanes) is 2. The maximum absolute atomic E-state index is 2.24. The van der Waals surface area contributed by atoms with E-state index in [1.54, 1.807) is 0 Å². The highest BCUT2D eigenvalue weighted by Gasteiger charge is 1.99. The van der Waals surface area contributed by atoms with E-state index in [9.17, 15) is 0 Å². The summed E-state index contributed by atoms with van der Waals surface area (Å²) in [5.41, 5.74) is 0. The van der Waals surface area contributed by atoms with E-state index in [4.69, 9.17) is 0 Å². The Labute approximate surface area is 162 Å². The molecule has 0 radical (unpaired) electrons. The van der Waals surface area contributed by atoms with Crippen LogP contribution in [0.4, 0.5) is 0 Å². The van der Waals surface area contributed by atoms with Crippen LogP contribution in [0.3, 0.4) is 0 Å². The van der Waals surface area contributed by atoms with Crippen LogP contribution in [0.25, 0.3) is 0 Å². The van der Waals surface area contributed by atoms with Gasteiger partial charge in [-0.1, -0.05) is 26.7 Å². The molecule has 2 heterocycles. The molecule has 0 unspecified atom stereocenters. The number of hydrogen-bond donors (Lipinski definition) is 0. The molecule has 0 saturated carbocycles. The Bertz CT molecular complexity index is 494. The van der Waals surface area contributed by atoms with Crippen molar-refractivity contribution in [1.82, 2.24) is 9.13 Å². The van der Waals surface area contributed by atoms with Gasteiger partial charge in [0.15, 0.2) is 0 Å². The molecule has 2 aromatic heterocycles. The summed E-state index contributed by atoms with van der Waals surface area (Å²) in [5.74, 6) is 0. The third kappa shape index (κ3) is 10.7. The highest BCUT2D eigenvalue weighted by molar-refractivity contribution is 4.65. The third-order valence-electron chi connectivity index (χ3n) is 3.47. The molecule has 2 rings (SSSR count). The lowest BCUT2D eigenvalue weighted by Crippen LogP contribution is -3.00. The maximum Gasteiger partial charge on any atom is 0.243 e. The Kier molecular flexibility index (Phi) is 16.0. The Balaban J connectivity index is 0. The van der Waals surface area contributed by atoms with Gasteiger partial charge in [-0.3, -0.25) is 0 Å². The molecule has 0 aliphatic carbocycles. The molecule has 134 valence electrons. The minimum atomic E-state index is 0. The number of hydrogen-bond acceptors (Lipinski definition) is 0. The molecule has 0 saturated heterocycles. The molecule has 6 heteroatoms. The van der Waals surface area contributed by atoms with Crippen molar-refractivity contribution < 1.29 is 43.1 Å². The molecule has 0 N–H and O–H groups in total. The zero-order chi connectivity index (χ0) is 15.5. The molecule has 0 aromatic carbocycles. The molecular weight excluding hydrogens is 420 g/mol. The van der Waals surface area contributed by atoms with Crippen LogP contribution in [0.2, 0.25) is 0 Å². The normalized spacial score (nSPS) is 9.39. The highest BCUT2D eigenvalue weighted by atomic mass is 79.9. The van der Waals surface area contributed by atoms with Gasteiger partial charge in [0.05, 0.1) is 26.7 Å². The van der Waals surface area contributed by atoms with Crippen LogP contribution in [-0.2, 0) is 26.7 Å². The molecule has 0 aliphatic rings. The van der Waals surface area contributed by atoms with Gasteiger partial charge < -0.3 is 34.0 Å². The SMILES string of the molecule is CCCC[n+]1ccn(CC)c1.CCCCn1cc[n+](C)c1.[Br-].[Br-]. The van der Waals surface area contributed by atoms with Gasteiger partial charge in [-0.25, -0.2) is 18.3 Å². The van der Waals surface area contributed by atoms with Gasteiger partial charge in [-0.2, -0.15) is 0 Å². The van der Waals surface area contributed by atoms with Gasteiger partial charge >= 0.3 is 0 Å². The number of aromatic nitrogens is 4. The molecule has 2 aromatic rings. The van der Waals surface area contributed by atoms with Crippen LogP contribution in [0, 0.1) is 0 Å². The average molecular weight is 452 g/mol. The molecular formula is C17H32Br2N4. The summed E-state index contributed by atoms with van der Waals surface area (Å²) in [6.07, 6.45) is 17.8. The Morgan fingerprint density at radius 1 is 0.826 bits per heavy atom. The Morgan fingerprint density at radius 3 is 1.96 bits per heavy atom. The second-order valence-corrected chi connectivity index (χ2v) is 5.51. The number of rotatable bonds is 7. The number of nitrogens with zero attached hydrogens (tertiary/aromatic N) is 4. The van der Waals surface area contributed by atoms with Crippen LogP contribution < -0.4 is 43.1 Å². The van der Waals surface area contributed by atoms with Gasteiger partial charge in [-0.15, -0.1) is 0 Å². The zero-order valence-electron chi connectivity index (χ0n) is 15.0. The monoisotopic (exact) mass is 450 g/mol. The summed E-state index contributed by atoms with van der Waals surface area (Å²) in [6.45, 7) is 9.96. The number of imidazole rings is 2. The summed E-state index contributed by atoms with van der Waals surface area (Å²) in [5, 5.41) is 0. The molecule has 0 fully saturated rings. The molecule has 0 atom stereocenters. The van der Waals surface area contributed by atoms with Crippen LogP contribution in [0.1, 0.15) is 46.5 Å². The summed E-state index contributed by atoms with van der Waals surface area (Å²) >= 11 is 0. The van der Waals surface area contributed by atoms with Crippen molar-refractivity contribution in [3.63, 3.8) is 0 Å². The first-order valence-electron chi connectivity index (χ1n) is 8.25. The van der Waals surface area contributed by atoms with Crippen LogP contribution in [0.15, 0.2) is 37.4 Å². The van der Waals surface area contributed by atoms with E-state index in [1.165, 1.54) is 25.7 Å². The number of aryl methyl sites for hydroxylation is 4. The van der Waals surface area contributed by atoms with E-state index in [2.05, 4.69) is 76.5 Å². The van der Waals surface area contributed by atoms with Crippen molar-refractivity contribution in [2.45, 2.75) is 66.1 Å². The maximum atomic E-state index is 2.24. The first kappa shape index (κ1) is 24.6. The van der Waals surface area contributed by atoms with E-state index in [-0.39, 0.29) is 34.0 Å². The van der Waals surface area contributed by atoms with Crippen molar-refractivity contribution in [2.24, 2.45) is 7.05 Å². The van der Waals surface area contributed by atoms with Crippen LogP contribution in [0.5, 0.6) is 0 Å². The van der Waals surface area contributed by atoms with E-state index in [1.807, 2.05) is 7.05 Å². The molecule has 0 amide bonds. The summed E-state index contributed by atoms with van der Waals surface area (Å²) in [6, 6.07) is 0. The van der Waals surface area contributed by atoms with Crippen molar-refractivity contribution in [3.05, 3.63) is 37.4 Å². The van der Waals surface area contributed by atoms with Crippen molar-refractivity contribution in [3.8, 4) is 0 Å². The number of halogens is 2. The molecule has 0 aliphatic heterocycles. The lowest BCUT2D eigenvalue weighted by Gasteiger charge is -1.91. The molecule has 23 heavy (non-hydrogen) atoms. The Hall–Kier alpha value is -0.620. The predicted octanol–water partition coefficient (Wildman–Crippen LogP) is -3.28. The first-order valence-corrected chi connectivity index (χ1v) is 8.25.